The summed E-state index contributed by atoms with van der Waals surface area (Å²) in [5.41, 5.74) is 1.15. The van der Waals surface area contributed by atoms with Crippen molar-refractivity contribution in [3.63, 3.8) is 0 Å². The number of carbonyl (C=O) groups is 1. The number of amides is 1. The lowest BCUT2D eigenvalue weighted by Crippen LogP contribution is -2.30. The van der Waals surface area contributed by atoms with E-state index in [1.54, 1.807) is 41.6 Å². The van der Waals surface area contributed by atoms with Crippen LogP contribution in [0.5, 0.6) is 5.75 Å². The van der Waals surface area contributed by atoms with Crippen molar-refractivity contribution < 1.29 is 9.53 Å². The zero-order valence-electron chi connectivity index (χ0n) is 12.0. The van der Waals surface area contributed by atoms with Gasteiger partial charge in [-0.05, 0) is 36.4 Å². The van der Waals surface area contributed by atoms with Crippen molar-refractivity contribution in [2.24, 2.45) is 0 Å². The summed E-state index contributed by atoms with van der Waals surface area (Å²) in [4.78, 5) is 18.2. The van der Waals surface area contributed by atoms with Crippen molar-refractivity contribution in [2.45, 2.75) is 12.5 Å². The number of hydrogen-bond acceptors (Lipinski definition) is 4. The van der Waals surface area contributed by atoms with Gasteiger partial charge in [0, 0.05) is 30.9 Å². The number of benzene rings is 1. The molecule has 0 saturated carbocycles. The van der Waals surface area contributed by atoms with Gasteiger partial charge >= 0.3 is 0 Å². The molecule has 1 saturated heterocycles. The molecule has 0 aliphatic carbocycles. The maximum absolute atomic E-state index is 12.4. The van der Waals surface area contributed by atoms with Gasteiger partial charge in [-0.1, -0.05) is 0 Å². The van der Waals surface area contributed by atoms with Crippen LogP contribution in [0.2, 0.25) is 0 Å². The summed E-state index contributed by atoms with van der Waals surface area (Å²) in [6.45, 7) is 1.25. The Kier molecular flexibility index (Phi) is 4.01. The van der Waals surface area contributed by atoms with Gasteiger partial charge in [0.25, 0.3) is 5.91 Å². The van der Waals surface area contributed by atoms with Gasteiger partial charge in [-0.2, -0.15) is 5.26 Å². The molecule has 1 aromatic heterocycles. The van der Waals surface area contributed by atoms with Crippen LogP contribution in [0.4, 0.5) is 0 Å². The molecule has 1 aliphatic rings. The van der Waals surface area contributed by atoms with Gasteiger partial charge in [-0.15, -0.1) is 0 Å². The fraction of sp³-hybridized carbons (Fsp3) is 0.235. The number of aromatic nitrogens is 1. The topological polar surface area (TPSA) is 66.2 Å². The van der Waals surface area contributed by atoms with E-state index in [0.29, 0.717) is 24.2 Å². The molecule has 1 aliphatic heterocycles. The van der Waals surface area contributed by atoms with Gasteiger partial charge in [0.2, 0.25) is 0 Å². The monoisotopic (exact) mass is 293 g/mol. The highest BCUT2D eigenvalue weighted by Crippen LogP contribution is 2.19. The molecule has 2 heterocycles. The third-order valence-corrected chi connectivity index (χ3v) is 3.65. The number of ether oxygens (including phenoxy) is 1. The number of likely N-dealkylation sites (tertiary alicyclic amines) is 1. The Balaban J connectivity index is 1.62. The van der Waals surface area contributed by atoms with E-state index < -0.39 is 0 Å². The minimum absolute atomic E-state index is 0.00438. The van der Waals surface area contributed by atoms with E-state index in [0.717, 1.165) is 12.2 Å². The smallest absolute Gasteiger partial charge is 0.253 e. The molecule has 0 radical (unpaired) electrons. The Morgan fingerprint density at radius 3 is 2.64 bits per heavy atom. The molecule has 3 rings (SSSR count). The Morgan fingerprint density at radius 2 is 1.95 bits per heavy atom. The minimum Gasteiger partial charge on any atom is -0.488 e. The van der Waals surface area contributed by atoms with Crippen molar-refractivity contribution in [1.82, 2.24) is 9.88 Å². The number of pyridine rings is 1. The molecular formula is C17H15N3O2. The number of hydrogen-bond donors (Lipinski definition) is 0. The van der Waals surface area contributed by atoms with Crippen LogP contribution in [0.3, 0.4) is 0 Å². The summed E-state index contributed by atoms with van der Waals surface area (Å²) >= 11 is 0. The fourth-order valence-corrected chi connectivity index (χ4v) is 2.49. The van der Waals surface area contributed by atoms with Crippen LogP contribution >= 0.6 is 0 Å². The zero-order valence-corrected chi connectivity index (χ0v) is 12.0. The predicted octanol–water partition coefficient (Wildman–Crippen LogP) is 2.25. The van der Waals surface area contributed by atoms with E-state index >= 15 is 0 Å². The average molecular weight is 293 g/mol. The molecule has 1 aromatic carbocycles. The lowest BCUT2D eigenvalue weighted by molar-refractivity contribution is 0.0772. The summed E-state index contributed by atoms with van der Waals surface area (Å²) in [6.07, 6.45) is 4.18. The van der Waals surface area contributed by atoms with Crippen molar-refractivity contribution in [2.75, 3.05) is 13.1 Å². The van der Waals surface area contributed by atoms with Gasteiger partial charge < -0.3 is 9.64 Å². The third kappa shape index (κ3) is 3.07. The average Bonchev–Trinajstić information content (AvgIpc) is 3.04. The van der Waals surface area contributed by atoms with Crippen LogP contribution in [0.1, 0.15) is 22.3 Å². The highest BCUT2D eigenvalue weighted by molar-refractivity contribution is 5.94. The summed E-state index contributed by atoms with van der Waals surface area (Å²) in [5, 5.41) is 8.79. The molecule has 1 amide bonds. The molecule has 110 valence electrons. The second-order valence-corrected chi connectivity index (χ2v) is 5.15. The minimum atomic E-state index is -0.0229. The molecule has 22 heavy (non-hydrogen) atoms. The zero-order chi connectivity index (χ0) is 15.4. The van der Waals surface area contributed by atoms with Crippen molar-refractivity contribution in [3.8, 4) is 11.8 Å². The number of nitriles is 1. The van der Waals surface area contributed by atoms with Crippen molar-refractivity contribution in [3.05, 3.63) is 59.9 Å². The van der Waals surface area contributed by atoms with Gasteiger partial charge in [0.05, 0.1) is 18.2 Å². The van der Waals surface area contributed by atoms with Crippen LogP contribution in [0.25, 0.3) is 0 Å². The van der Waals surface area contributed by atoms with Gasteiger partial charge in [0.1, 0.15) is 11.9 Å². The highest BCUT2D eigenvalue weighted by Gasteiger charge is 2.28. The largest absolute Gasteiger partial charge is 0.488 e. The Hall–Kier alpha value is -2.87. The van der Waals surface area contributed by atoms with E-state index in [4.69, 9.17) is 10.00 Å². The maximum Gasteiger partial charge on any atom is 0.253 e. The summed E-state index contributed by atoms with van der Waals surface area (Å²) in [6, 6.07) is 12.4. The fourth-order valence-electron chi connectivity index (χ4n) is 2.49. The van der Waals surface area contributed by atoms with Crippen LogP contribution in [-0.4, -0.2) is 35.0 Å². The first-order chi connectivity index (χ1) is 10.8. The van der Waals surface area contributed by atoms with E-state index in [9.17, 15) is 4.79 Å². The van der Waals surface area contributed by atoms with Gasteiger partial charge in [-0.3, -0.25) is 9.78 Å². The molecule has 0 bridgehead atoms. The lowest BCUT2D eigenvalue weighted by Gasteiger charge is -2.17. The van der Waals surface area contributed by atoms with Crippen LogP contribution in [0.15, 0.2) is 48.8 Å². The standard InChI is InChI=1S/C17H15N3O2/c18-11-13-1-3-14(4-2-13)17(21)20-10-7-16(12-20)22-15-5-8-19-9-6-15/h1-6,8-9,16H,7,10,12H2/t16-/m1/s1. The Labute approximate surface area is 128 Å². The Bertz CT molecular complexity index is 692. The molecule has 2 aromatic rings. The van der Waals surface area contributed by atoms with Crippen molar-refractivity contribution in [1.29, 1.82) is 5.26 Å². The molecule has 1 atom stereocenters. The normalized spacial score (nSPS) is 17.0. The molecule has 0 N–H and O–H groups in total. The first-order valence-corrected chi connectivity index (χ1v) is 7.12. The van der Waals surface area contributed by atoms with E-state index in [1.807, 2.05) is 18.2 Å². The highest BCUT2D eigenvalue weighted by atomic mass is 16.5. The van der Waals surface area contributed by atoms with E-state index in [1.165, 1.54) is 0 Å². The van der Waals surface area contributed by atoms with Crippen LogP contribution < -0.4 is 4.74 Å². The Morgan fingerprint density at radius 1 is 1.23 bits per heavy atom. The first kappa shape index (κ1) is 14.1. The molecule has 0 spiro atoms. The molecule has 5 nitrogen and oxygen atoms in total. The molecule has 5 heteroatoms. The number of rotatable bonds is 3. The lowest BCUT2D eigenvalue weighted by atomic mass is 10.1. The van der Waals surface area contributed by atoms with Crippen molar-refractivity contribution >= 4 is 5.91 Å². The molecule has 1 fully saturated rings. The second kappa shape index (κ2) is 6.27. The second-order valence-electron chi connectivity index (χ2n) is 5.15. The first-order valence-electron chi connectivity index (χ1n) is 7.12. The van der Waals surface area contributed by atoms with E-state index in [-0.39, 0.29) is 12.0 Å². The molecule has 0 unspecified atom stereocenters. The summed E-state index contributed by atoms with van der Waals surface area (Å²) in [5.74, 6) is 0.748. The molecular weight excluding hydrogens is 278 g/mol. The number of nitrogens with zero attached hydrogens (tertiary/aromatic N) is 3. The quantitative estimate of drug-likeness (QED) is 0.870. The predicted molar refractivity (Wildman–Crippen MR) is 80.3 cm³/mol. The van der Waals surface area contributed by atoms with Crippen LogP contribution in [-0.2, 0) is 0 Å². The van der Waals surface area contributed by atoms with Gasteiger partial charge in [-0.25, -0.2) is 0 Å². The van der Waals surface area contributed by atoms with Crippen LogP contribution in [0, 0.1) is 11.3 Å². The van der Waals surface area contributed by atoms with Gasteiger partial charge in [0.15, 0.2) is 0 Å². The summed E-state index contributed by atoms with van der Waals surface area (Å²) < 4.78 is 5.85. The summed E-state index contributed by atoms with van der Waals surface area (Å²) in [7, 11) is 0. The number of carbonyl (C=O) groups excluding carboxylic acids is 1. The maximum atomic E-state index is 12.4. The van der Waals surface area contributed by atoms with E-state index in [2.05, 4.69) is 4.98 Å². The third-order valence-electron chi connectivity index (χ3n) is 3.65. The SMILES string of the molecule is N#Cc1ccc(C(=O)N2CC[C@@H](Oc3ccncc3)C2)cc1.